The van der Waals surface area contributed by atoms with Gasteiger partial charge in [-0.15, -0.1) is 0 Å². The van der Waals surface area contributed by atoms with Crippen LogP contribution in [-0.4, -0.2) is 9.55 Å². The van der Waals surface area contributed by atoms with Gasteiger partial charge in [-0.3, -0.25) is 0 Å². The average Bonchev–Trinajstić information content (AvgIpc) is 2.69. The topological polar surface area (TPSA) is 43.8 Å². The molecule has 96 valence electrons. The number of rotatable bonds is 2. The van der Waals surface area contributed by atoms with E-state index in [0.717, 1.165) is 15.5 Å². The lowest BCUT2D eigenvalue weighted by Gasteiger charge is -2.08. The number of nitrogen functional groups attached to an aromatic ring is 1. The van der Waals surface area contributed by atoms with E-state index >= 15 is 0 Å². The molecule has 0 fully saturated rings. The van der Waals surface area contributed by atoms with Crippen molar-refractivity contribution >= 4 is 32.9 Å². The van der Waals surface area contributed by atoms with Crippen molar-refractivity contribution in [3.8, 4) is 0 Å². The Labute approximate surface area is 120 Å². The van der Waals surface area contributed by atoms with Gasteiger partial charge in [-0.1, -0.05) is 40.2 Å². The summed E-state index contributed by atoms with van der Waals surface area (Å²) in [5.41, 5.74) is 10.5. The Morgan fingerprint density at radius 1 is 1.21 bits per heavy atom. The molecule has 3 nitrogen and oxygen atoms in total. The van der Waals surface area contributed by atoms with Crippen molar-refractivity contribution in [2.45, 2.75) is 13.5 Å². The molecule has 4 heteroatoms. The largest absolute Gasteiger partial charge is 0.369 e. The first kappa shape index (κ1) is 12.2. The maximum absolute atomic E-state index is 6.04. The van der Waals surface area contributed by atoms with Gasteiger partial charge in [-0.05, 0) is 36.2 Å². The van der Waals surface area contributed by atoms with Crippen LogP contribution in [0.15, 0.2) is 46.9 Å². The number of halogens is 1. The molecule has 3 aromatic rings. The van der Waals surface area contributed by atoms with Crippen molar-refractivity contribution in [3.05, 3.63) is 58.1 Å². The van der Waals surface area contributed by atoms with Crippen molar-refractivity contribution in [3.63, 3.8) is 0 Å². The van der Waals surface area contributed by atoms with E-state index in [1.807, 2.05) is 28.8 Å². The van der Waals surface area contributed by atoms with Crippen LogP contribution in [0.25, 0.3) is 11.0 Å². The van der Waals surface area contributed by atoms with E-state index in [1.54, 1.807) is 0 Å². The van der Waals surface area contributed by atoms with E-state index in [0.29, 0.717) is 12.5 Å². The highest BCUT2D eigenvalue weighted by molar-refractivity contribution is 9.10. The molecule has 0 bridgehead atoms. The number of imidazole rings is 1. The summed E-state index contributed by atoms with van der Waals surface area (Å²) in [6.07, 6.45) is 0. The Balaban J connectivity index is 2.12. The zero-order valence-electron chi connectivity index (χ0n) is 10.6. The third-order valence-electron chi connectivity index (χ3n) is 3.22. The summed E-state index contributed by atoms with van der Waals surface area (Å²) < 4.78 is 3.13. The number of aryl methyl sites for hydroxylation is 1. The summed E-state index contributed by atoms with van der Waals surface area (Å²) in [4.78, 5) is 4.41. The number of aromatic nitrogens is 2. The average molecular weight is 316 g/mol. The second-order valence-corrected chi connectivity index (χ2v) is 5.49. The van der Waals surface area contributed by atoms with Crippen molar-refractivity contribution < 1.29 is 0 Å². The lowest BCUT2D eigenvalue weighted by molar-refractivity contribution is 0.834. The van der Waals surface area contributed by atoms with Crippen LogP contribution in [-0.2, 0) is 6.54 Å². The molecule has 0 unspecified atom stereocenters. The quantitative estimate of drug-likeness (QED) is 0.783. The fourth-order valence-electron chi connectivity index (χ4n) is 2.21. The molecule has 0 aliphatic carbocycles. The molecular formula is C15H14BrN3. The molecular weight excluding hydrogens is 302 g/mol. The molecule has 0 aliphatic rings. The fourth-order valence-corrected chi connectivity index (χ4v) is 2.62. The molecule has 2 N–H and O–H groups in total. The van der Waals surface area contributed by atoms with Crippen LogP contribution in [0.3, 0.4) is 0 Å². The highest BCUT2D eigenvalue weighted by Crippen LogP contribution is 2.23. The molecule has 1 aromatic heterocycles. The van der Waals surface area contributed by atoms with E-state index in [4.69, 9.17) is 5.73 Å². The van der Waals surface area contributed by atoms with Gasteiger partial charge in [0.05, 0.1) is 17.6 Å². The normalized spacial score (nSPS) is 11.1. The molecule has 2 aromatic carbocycles. The molecule has 1 heterocycles. The number of hydrogen-bond acceptors (Lipinski definition) is 2. The van der Waals surface area contributed by atoms with Crippen molar-refractivity contribution in [1.82, 2.24) is 9.55 Å². The molecule has 19 heavy (non-hydrogen) atoms. The summed E-state index contributed by atoms with van der Waals surface area (Å²) in [5, 5.41) is 0. The highest BCUT2D eigenvalue weighted by atomic mass is 79.9. The third-order valence-corrected chi connectivity index (χ3v) is 3.99. The number of anilines is 1. The van der Waals surface area contributed by atoms with Gasteiger partial charge in [0.2, 0.25) is 5.95 Å². The first-order valence-corrected chi connectivity index (χ1v) is 6.90. The Hall–Kier alpha value is -1.81. The van der Waals surface area contributed by atoms with Crippen molar-refractivity contribution in [1.29, 1.82) is 0 Å². The van der Waals surface area contributed by atoms with Crippen LogP contribution >= 0.6 is 15.9 Å². The first-order valence-electron chi connectivity index (χ1n) is 6.11. The van der Waals surface area contributed by atoms with Crippen LogP contribution < -0.4 is 5.73 Å². The zero-order chi connectivity index (χ0) is 13.4. The second kappa shape index (κ2) is 4.70. The Morgan fingerprint density at radius 3 is 2.79 bits per heavy atom. The van der Waals surface area contributed by atoms with Gasteiger partial charge in [0.25, 0.3) is 0 Å². The lowest BCUT2D eigenvalue weighted by atomic mass is 10.2. The summed E-state index contributed by atoms with van der Waals surface area (Å²) in [5.74, 6) is 0.552. The highest BCUT2D eigenvalue weighted by Gasteiger charge is 2.09. The molecule has 0 aliphatic heterocycles. The van der Waals surface area contributed by atoms with Gasteiger partial charge in [-0.25, -0.2) is 4.98 Å². The number of nitrogens with zero attached hydrogens (tertiary/aromatic N) is 2. The molecule has 0 saturated carbocycles. The summed E-state index contributed by atoms with van der Waals surface area (Å²) >= 11 is 3.57. The Morgan fingerprint density at radius 2 is 2.00 bits per heavy atom. The smallest absolute Gasteiger partial charge is 0.201 e. The molecule has 3 rings (SSSR count). The zero-order valence-corrected chi connectivity index (χ0v) is 12.2. The summed E-state index contributed by atoms with van der Waals surface area (Å²) in [6, 6.07) is 14.3. The van der Waals surface area contributed by atoms with Gasteiger partial charge in [0.1, 0.15) is 0 Å². The third kappa shape index (κ3) is 2.24. The standard InChI is InChI=1S/C15H14BrN3/c1-10-6-7-13-14(8-10)19(15(17)18-13)9-11-4-2-3-5-12(11)16/h2-8H,9H2,1H3,(H2,17,18). The Kier molecular flexibility index (Phi) is 3.03. The molecule has 0 atom stereocenters. The fraction of sp³-hybridized carbons (Fsp3) is 0.133. The number of benzene rings is 2. The molecule has 0 spiro atoms. The Bertz CT molecular complexity index is 746. The summed E-state index contributed by atoms with van der Waals surface area (Å²) in [7, 11) is 0. The second-order valence-electron chi connectivity index (χ2n) is 4.64. The predicted molar refractivity (Wildman–Crippen MR) is 82.1 cm³/mol. The maximum Gasteiger partial charge on any atom is 0.201 e. The van der Waals surface area contributed by atoms with E-state index in [1.165, 1.54) is 11.1 Å². The number of nitrogens with two attached hydrogens (primary N) is 1. The van der Waals surface area contributed by atoms with Crippen LogP contribution in [0.4, 0.5) is 5.95 Å². The SMILES string of the molecule is Cc1ccc2nc(N)n(Cc3ccccc3Br)c2c1. The predicted octanol–water partition coefficient (Wildman–Crippen LogP) is 3.74. The van der Waals surface area contributed by atoms with Gasteiger partial charge < -0.3 is 10.3 Å². The van der Waals surface area contributed by atoms with Crippen molar-refractivity contribution in [2.24, 2.45) is 0 Å². The van der Waals surface area contributed by atoms with Gasteiger partial charge >= 0.3 is 0 Å². The lowest BCUT2D eigenvalue weighted by Crippen LogP contribution is -2.05. The number of hydrogen-bond donors (Lipinski definition) is 1. The van der Waals surface area contributed by atoms with E-state index < -0.39 is 0 Å². The van der Waals surface area contributed by atoms with Crippen molar-refractivity contribution in [2.75, 3.05) is 5.73 Å². The number of fused-ring (bicyclic) bond motifs is 1. The minimum Gasteiger partial charge on any atom is -0.369 e. The van der Waals surface area contributed by atoms with Gasteiger partial charge in [0, 0.05) is 4.47 Å². The van der Waals surface area contributed by atoms with E-state index in [9.17, 15) is 0 Å². The van der Waals surface area contributed by atoms with Gasteiger partial charge in [-0.2, -0.15) is 0 Å². The van der Waals surface area contributed by atoms with Crippen LogP contribution in [0, 0.1) is 6.92 Å². The maximum atomic E-state index is 6.04. The monoisotopic (exact) mass is 315 g/mol. The van der Waals surface area contributed by atoms with Gasteiger partial charge in [0.15, 0.2) is 0 Å². The minimum absolute atomic E-state index is 0.552. The minimum atomic E-state index is 0.552. The molecule has 0 saturated heterocycles. The van der Waals surface area contributed by atoms with E-state index in [2.05, 4.69) is 46.0 Å². The van der Waals surface area contributed by atoms with Crippen LogP contribution in [0.1, 0.15) is 11.1 Å². The van der Waals surface area contributed by atoms with Crippen LogP contribution in [0.2, 0.25) is 0 Å². The molecule has 0 radical (unpaired) electrons. The molecule has 0 amide bonds. The summed E-state index contributed by atoms with van der Waals surface area (Å²) in [6.45, 7) is 2.79. The first-order chi connectivity index (χ1) is 9.15. The van der Waals surface area contributed by atoms with E-state index in [-0.39, 0.29) is 0 Å². The van der Waals surface area contributed by atoms with Crippen LogP contribution in [0.5, 0.6) is 0 Å².